The Bertz CT molecular complexity index is 1070. The maximum absolute atomic E-state index is 12.3. The smallest absolute Gasteiger partial charge is 0.321 e. The topological polar surface area (TPSA) is 154 Å². The van der Waals surface area contributed by atoms with Gasteiger partial charge in [-0.05, 0) is 43.3 Å². The molecule has 2 rings (SSSR count). The van der Waals surface area contributed by atoms with Gasteiger partial charge in [0.25, 0.3) is 5.69 Å². The minimum atomic E-state index is -4.22. The Balaban J connectivity index is 1.93. The number of carbonyl (C=O) groups is 2. The van der Waals surface area contributed by atoms with Crippen LogP contribution in [-0.2, 0) is 19.6 Å². The summed E-state index contributed by atoms with van der Waals surface area (Å²) in [4.78, 5) is 33.9. The highest BCUT2D eigenvalue weighted by molar-refractivity contribution is 7.89. The number of anilines is 1. The molecule has 0 aliphatic rings. The number of Topliss-reactive ketones (excluding diaryl/α,β-unsaturated/α-hetero) is 1. The largest absolute Gasteiger partial charge is 0.494 e. The van der Waals surface area contributed by atoms with Crippen LogP contribution in [0.5, 0.6) is 5.75 Å². The van der Waals surface area contributed by atoms with E-state index < -0.39 is 50.4 Å². The average Bonchev–Trinajstić information content (AvgIpc) is 2.76. The molecular formula is C19H21N3O8S. The molecule has 2 aromatic rings. The molecule has 0 fully saturated rings. The van der Waals surface area contributed by atoms with E-state index in [0.29, 0.717) is 17.9 Å². The van der Waals surface area contributed by atoms with E-state index in [2.05, 4.69) is 5.32 Å². The molecule has 0 unspecified atom stereocenters. The second-order valence-corrected chi connectivity index (χ2v) is 7.82. The summed E-state index contributed by atoms with van der Waals surface area (Å²) in [5.74, 6) is -0.866. The van der Waals surface area contributed by atoms with Crippen molar-refractivity contribution < 1.29 is 32.4 Å². The number of sulfonamides is 1. The highest BCUT2D eigenvalue weighted by atomic mass is 32.2. The molecule has 11 nitrogen and oxygen atoms in total. The Labute approximate surface area is 178 Å². The lowest BCUT2D eigenvalue weighted by Gasteiger charge is -2.09. The summed E-state index contributed by atoms with van der Waals surface area (Å²) in [6, 6.07) is 9.50. The number of nitro benzene ring substituents is 1. The first-order valence-electron chi connectivity index (χ1n) is 9.05. The van der Waals surface area contributed by atoms with Gasteiger partial charge >= 0.3 is 5.97 Å². The quantitative estimate of drug-likeness (QED) is 0.225. The number of nitrogens with one attached hydrogen (secondary N) is 2. The van der Waals surface area contributed by atoms with Gasteiger partial charge in [-0.15, -0.1) is 0 Å². The maximum Gasteiger partial charge on any atom is 0.321 e. The molecule has 0 aliphatic heterocycles. The van der Waals surface area contributed by atoms with Gasteiger partial charge in [-0.3, -0.25) is 19.7 Å². The third-order valence-corrected chi connectivity index (χ3v) is 5.40. The number of rotatable bonds is 11. The average molecular weight is 451 g/mol. The zero-order chi connectivity index (χ0) is 23.0. The molecule has 31 heavy (non-hydrogen) atoms. The lowest BCUT2D eigenvalue weighted by Crippen LogP contribution is -2.31. The summed E-state index contributed by atoms with van der Waals surface area (Å²) in [5, 5.41) is 13.7. The molecule has 2 aromatic carbocycles. The van der Waals surface area contributed by atoms with Crippen molar-refractivity contribution in [3.8, 4) is 5.75 Å². The van der Waals surface area contributed by atoms with Crippen molar-refractivity contribution in [3.63, 3.8) is 0 Å². The molecule has 0 amide bonds. The van der Waals surface area contributed by atoms with Crippen LogP contribution < -0.4 is 14.8 Å². The fraction of sp³-hybridized carbons (Fsp3) is 0.263. The third-order valence-electron chi connectivity index (χ3n) is 4.00. The Kier molecular flexibility index (Phi) is 8.05. The number of nitro groups is 1. The van der Waals surface area contributed by atoms with Crippen molar-refractivity contribution in [1.82, 2.24) is 4.72 Å². The fourth-order valence-corrected chi connectivity index (χ4v) is 3.45. The van der Waals surface area contributed by atoms with Crippen LogP contribution in [-0.4, -0.2) is 51.9 Å². The number of carbonyl (C=O) groups excluding carboxylic acids is 2. The van der Waals surface area contributed by atoms with Gasteiger partial charge in [0.1, 0.15) is 18.0 Å². The number of benzene rings is 2. The fourth-order valence-electron chi connectivity index (χ4n) is 2.46. The molecule has 0 aliphatic carbocycles. The van der Waals surface area contributed by atoms with Crippen LogP contribution in [0.4, 0.5) is 11.4 Å². The first-order chi connectivity index (χ1) is 14.7. The molecule has 0 saturated carbocycles. The minimum absolute atomic E-state index is 0.135. The van der Waals surface area contributed by atoms with E-state index >= 15 is 0 Å². The molecule has 0 atom stereocenters. The van der Waals surface area contributed by atoms with Crippen LogP contribution >= 0.6 is 0 Å². The molecule has 0 saturated heterocycles. The van der Waals surface area contributed by atoms with Crippen molar-refractivity contribution in [2.45, 2.75) is 11.8 Å². The van der Waals surface area contributed by atoms with Gasteiger partial charge in [0.05, 0.1) is 16.4 Å². The number of nitrogens with zero attached hydrogens (tertiary/aromatic N) is 1. The van der Waals surface area contributed by atoms with Gasteiger partial charge in [-0.1, -0.05) is 0 Å². The number of ether oxygens (including phenoxy) is 2. The predicted octanol–water partition coefficient (Wildman–Crippen LogP) is 1.74. The molecule has 0 spiro atoms. The molecule has 12 heteroatoms. The van der Waals surface area contributed by atoms with Gasteiger partial charge in [-0.2, -0.15) is 4.72 Å². The SMILES string of the molecule is CCOc1ccc(C(=O)COC(=O)CNS(=O)(=O)c2ccc(NC)c([N+](=O)[O-])c2)cc1. The summed E-state index contributed by atoms with van der Waals surface area (Å²) in [6.45, 7) is 0.983. The normalized spacial score (nSPS) is 10.9. The predicted molar refractivity (Wildman–Crippen MR) is 111 cm³/mol. The summed E-state index contributed by atoms with van der Waals surface area (Å²) in [7, 11) is -2.76. The van der Waals surface area contributed by atoms with Crippen molar-refractivity contribution >= 4 is 33.2 Å². The molecule has 2 N–H and O–H groups in total. The zero-order valence-corrected chi connectivity index (χ0v) is 17.6. The van der Waals surface area contributed by atoms with Crippen LogP contribution in [0.3, 0.4) is 0 Å². The van der Waals surface area contributed by atoms with E-state index in [1.165, 1.54) is 25.2 Å². The summed E-state index contributed by atoms with van der Waals surface area (Å²) >= 11 is 0. The van der Waals surface area contributed by atoms with E-state index in [4.69, 9.17) is 9.47 Å². The van der Waals surface area contributed by atoms with Crippen LogP contribution in [0.1, 0.15) is 17.3 Å². The first-order valence-corrected chi connectivity index (χ1v) is 10.5. The van der Waals surface area contributed by atoms with Crippen LogP contribution in [0, 0.1) is 10.1 Å². The van der Waals surface area contributed by atoms with Crippen molar-refractivity contribution in [3.05, 3.63) is 58.1 Å². The molecular weight excluding hydrogens is 430 g/mol. The summed E-state index contributed by atoms with van der Waals surface area (Å²) in [5.41, 5.74) is -0.00108. The summed E-state index contributed by atoms with van der Waals surface area (Å²) < 4.78 is 36.7. The zero-order valence-electron chi connectivity index (χ0n) is 16.8. The monoisotopic (exact) mass is 451 g/mol. The van der Waals surface area contributed by atoms with Crippen LogP contribution in [0.25, 0.3) is 0 Å². The number of hydrogen-bond acceptors (Lipinski definition) is 9. The Morgan fingerprint density at radius 2 is 1.81 bits per heavy atom. The van der Waals surface area contributed by atoms with Crippen molar-refractivity contribution in [1.29, 1.82) is 0 Å². The number of ketones is 1. The standard InChI is InChI=1S/C19H21N3O8S/c1-3-29-14-6-4-13(5-7-14)18(23)12-30-19(24)11-21-31(27,28)15-8-9-16(20-2)17(10-15)22(25)26/h4-10,20-21H,3,11-12H2,1-2H3. The van der Waals surface area contributed by atoms with Crippen molar-refractivity contribution in [2.75, 3.05) is 32.1 Å². The van der Waals surface area contributed by atoms with Gasteiger partial charge < -0.3 is 14.8 Å². The summed E-state index contributed by atoms with van der Waals surface area (Å²) in [6.07, 6.45) is 0. The third kappa shape index (κ3) is 6.49. The Morgan fingerprint density at radius 1 is 1.13 bits per heavy atom. The van der Waals surface area contributed by atoms with E-state index in [0.717, 1.165) is 12.1 Å². The lowest BCUT2D eigenvalue weighted by atomic mass is 10.1. The lowest BCUT2D eigenvalue weighted by molar-refractivity contribution is -0.384. The van der Waals surface area contributed by atoms with Gasteiger partial charge in [0.15, 0.2) is 12.4 Å². The van der Waals surface area contributed by atoms with E-state index in [1.807, 2.05) is 11.6 Å². The van der Waals surface area contributed by atoms with Gasteiger partial charge in [-0.25, -0.2) is 8.42 Å². The molecule has 0 radical (unpaired) electrons. The number of hydrogen-bond donors (Lipinski definition) is 2. The molecule has 0 heterocycles. The molecule has 0 bridgehead atoms. The van der Waals surface area contributed by atoms with E-state index in [1.54, 1.807) is 12.1 Å². The van der Waals surface area contributed by atoms with Crippen molar-refractivity contribution in [2.24, 2.45) is 0 Å². The number of esters is 1. The second-order valence-electron chi connectivity index (χ2n) is 6.05. The van der Waals surface area contributed by atoms with E-state index in [-0.39, 0.29) is 5.69 Å². The van der Waals surface area contributed by atoms with Crippen LogP contribution in [0.2, 0.25) is 0 Å². The molecule has 0 aromatic heterocycles. The maximum atomic E-state index is 12.3. The second kappa shape index (κ2) is 10.5. The molecule has 166 valence electrons. The minimum Gasteiger partial charge on any atom is -0.494 e. The highest BCUT2D eigenvalue weighted by Crippen LogP contribution is 2.26. The first kappa shape index (κ1) is 23.8. The Morgan fingerprint density at radius 3 is 2.39 bits per heavy atom. The van der Waals surface area contributed by atoms with Gasteiger partial charge in [0, 0.05) is 18.7 Å². The van der Waals surface area contributed by atoms with Gasteiger partial charge in [0.2, 0.25) is 10.0 Å². The van der Waals surface area contributed by atoms with E-state index in [9.17, 15) is 28.1 Å². The van der Waals surface area contributed by atoms with Crippen LogP contribution in [0.15, 0.2) is 47.4 Å². The Hall–Kier alpha value is -3.51. The highest BCUT2D eigenvalue weighted by Gasteiger charge is 2.22.